The van der Waals surface area contributed by atoms with E-state index in [1.807, 2.05) is 0 Å². The molecule has 1 N–H and O–H groups in total. The Labute approximate surface area is 91.4 Å². The van der Waals surface area contributed by atoms with E-state index in [2.05, 4.69) is 14.4 Å². The van der Waals surface area contributed by atoms with Crippen LogP contribution in [0.4, 0.5) is 0 Å². The normalized spacial score (nSPS) is 24.2. The van der Waals surface area contributed by atoms with E-state index in [0.29, 0.717) is 17.8 Å². The van der Waals surface area contributed by atoms with E-state index >= 15 is 0 Å². The summed E-state index contributed by atoms with van der Waals surface area (Å²) < 4.78 is 32.7. The molecule has 6 nitrogen and oxygen atoms in total. The number of nitrogens with one attached hydrogen (secondary N) is 1. The highest BCUT2D eigenvalue weighted by atomic mass is 32.2. The van der Waals surface area contributed by atoms with Gasteiger partial charge >= 0.3 is 0 Å². The van der Waals surface area contributed by atoms with Gasteiger partial charge in [-0.25, -0.2) is 0 Å². The number of ether oxygens (including phenoxy) is 1. The van der Waals surface area contributed by atoms with E-state index in [4.69, 9.17) is 4.74 Å². The number of aliphatic imine (C=N–C) groups is 1. The molecule has 0 saturated carbocycles. The number of H-pyrrole nitrogens is 1. The number of aromatic amines is 1. The van der Waals surface area contributed by atoms with Crippen LogP contribution in [-0.2, 0) is 10.0 Å². The molecule has 0 spiro atoms. The molecule has 0 saturated heterocycles. The van der Waals surface area contributed by atoms with Crippen molar-refractivity contribution in [3.63, 3.8) is 0 Å². The fourth-order valence-corrected chi connectivity index (χ4v) is 2.62. The fraction of sp³-hybridized carbons (Fsp3) is 0.111. The second kappa shape index (κ2) is 3.05. The number of rotatable bonds is 0. The average molecular weight is 237 g/mol. The van der Waals surface area contributed by atoms with Gasteiger partial charge < -0.3 is 9.72 Å². The third-order valence-corrected chi connectivity index (χ3v) is 3.61. The predicted molar refractivity (Wildman–Crippen MR) is 57.5 cm³/mol. The lowest BCUT2D eigenvalue weighted by Crippen LogP contribution is -2.10. The minimum absolute atomic E-state index is 0.0376. The molecule has 82 valence electrons. The standard InChI is InChI=1S/C9H7N3O3S/c13-16(14)9-4-11-3-8(9)15-5-6-1-10-2-7(6)12-16/h2-5,11H,1H2/b6-5-,12-7?. The molecule has 0 aliphatic carbocycles. The van der Waals surface area contributed by atoms with Gasteiger partial charge in [0.1, 0.15) is 10.6 Å². The maximum atomic E-state index is 11.9. The predicted octanol–water partition coefficient (Wildman–Crippen LogP) is 0.505. The van der Waals surface area contributed by atoms with Crippen LogP contribution in [0.5, 0.6) is 5.75 Å². The van der Waals surface area contributed by atoms with Crippen molar-refractivity contribution in [2.45, 2.75) is 4.90 Å². The molecule has 16 heavy (non-hydrogen) atoms. The van der Waals surface area contributed by atoms with Gasteiger partial charge in [0.15, 0.2) is 5.75 Å². The zero-order valence-corrected chi connectivity index (χ0v) is 8.86. The molecule has 1 aromatic heterocycles. The van der Waals surface area contributed by atoms with E-state index in [1.165, 1.54) is 24.9 Å². The van der Waals surface area contributed by atoms with Crippen molar-refractivity contribution in [1.29, 1.82) is 0 Å². The van der Waals surface area contributed by atoms with Crippen molar-refractivity contribution in [2.24, 2.45) is 9.39 Å². The Morgan fingerprint density at radius 2 is 2.25 bits per heavy atom. The molecule has 3 heterocycles. The second-order valence-electron chi connectivity index (χ2n) is 3.37. The van der Waals surface area contributed by atoms with Crippen LogP contribution >= 0.6 is 0 Å². The Balaban J connectivity index is 2.27. The lowest BCUT2D eigenvalue weighted by Gasteiger charge is -2.06. The summed E-state index contributed by atoms with van der Waals surface area (Å²) in [5.74, 6) is 0.252. The average Bonchev–Trinajstić information content (AvgIpc) is 2.81. The van der Waals surface area contributed by atoms with Gasteiger partial charge in [-0.1, -0.05) is 0 Å². The summed E-state index contributed by atoms with van der Waals surface area (Å²) in [4.78, 5) is 6.67. The van der Waals surface area contributed by atoms with Crippen molar-refractivity contribution in [3.8, 4) is 5.75 Å². The van der Waals surface area contributed by atoms with Crippen LogP contribution in [0, 0.1) is 0 Å². The zero-order valence-electron chi connectivity index (χ0n) is 8.04. The first-order chi connectivity index (χ1) is 7.67. The van der Waals surface area contributed by atoms with Gasteiger partial charge in [-0.2, -0.15) is 12.8 Å². The zero-order chi connectivity index (χ0) is 11.2. The van der Waals surface area contributed by atoms with Gasteiger partial charge in [0, 0.05) is 24.2 Å². The summed E-state index contributed by atoms with van der Waals surface area (Å²) in [6.07, 6.45) is 5.73. The van der Waals surface area contributed by atoms with Crippen LogP contribution in [0.3, 0.4) is 0 Å². The lowest BCUT2D eigenvalue weighted by molar-refractivity contribution is 0.464. The Bertz CT molecular complexity index is 637. The number of fused-ring (bicyclic) bond motifs is 2. The van der Waals surface area contributed by atoms with Gasteiger partial charge in [-0.3, -0.25) is 4.99 Å². The Hall–Kier alpha value is -1.89. The van der Waals surface area contributed by atoms with Crippen LogP contribution in [0.1, 0.15) is 0 Å². The molecule has 0 fully saturated rings. The molecule has 0 atom stereocenters. The summed E-state index contributed by atoms with van der Waals surface area (Å²) in [6.45, 7) is 0.397. The summed E-state index contributed by atoms with van der Waals surface area (Å²) in [5.41, 5.74) is 1.00. The van der Waals surface area contributed by atoms with Crippen LogP contribution in [-0.4, -0.2) is 31.9 Å². The third-order valence-electron chi connectivity index (χ3n) is 2.30. The van der Waals surface area contributed by atoms with Crippen molar-refractivity contribution >= 4 is 21.9 Å². The highest BCUT2D eigenvalue weighted by Crippen LogP contribution is 2.28. The number of sulfonamides is 1. The lowest BCUT2D eigenvalue weighted by atomic mass is 10.2. The molecular weight excluding hydrogens is 230 g/mol. The van der Waals surface area contributed by atoms with E-state index in [9.17, 15) is 8.42 Å². The van der Waals surface area contributed by atoms with Gasteiger partial charge in [0.2, 0.25) is 0 Å². The van der Waals surface area contributed by atoms with E-state index < -0.39 is 10.0 Å². The topological polar surface area (TPSA) is 83.9 Å². The van der Waals surface area contributed by atoms with Crippen LogP contribution in [0.2, 0.25) is 0 Å². The quantitative estimate of drug-likeness (QED) is 0.713. The molecule has 0 radical (unpaired) electrons. The van der Waals surface area contributed by atoms with E-state index in [1.54, 1.807) is 0 Å². The van der Waals surface area contributed by atoms with Gasteiger partial charge in [-0.05, 0) is 0 Å². The molecule has 2 aliphatic rings. The SMILES string of the molecule is O=S1(=O)N=C2C=NC/C2=C/Oc2c[nH]cc21. The Morgan fingerprint density at radius 3 is 3.12 bits per heavy atom. The van der Waals surface area contributed by atoms with Crippen LogP contribution in [0.15, 0.2) is 38.5 Å². The first kappa shape index (κ1) is 9.34. The summed E-state index contributed by atoms with van der Waals surface area (Å²) >= 11 is 0. The molecule has 0 amide bonds. The molecule has 7 heteroatoms. The number of aromatic nitrogens is 1. The van der Waals surface area contributed by atoms with Crippen molar-refractivity contribution in [2.75, 3.05) is 6.54 Å². The van der Waals surface area contributed by atoms with Crippen molar-refractivity contribution in [3.05, 3.63) is 24.2 Å². The maximum Gasteiger partial charge on any atom is 0.288 e. The van der Waals surface area contributed by atoms with E-state index in [-0.39, 0.29) is 10.6 Å². The van der Waals surface area contributed by atoms with E-state index in [0.717, 1.165) is 0 Å². The smallest absolute Gasteiger partial charge is 0.288 e. The number of nitrogens with zero attached hydrogens (tertiary/aromatic N) is 2. The minimum atomic E-state index is -3.71. The minimum Gasteiger partial charge on any atom is -0.462 e. The molecule has 1 aromatic rings. The van der Waals surface area contributed by atoms with Gasteiger partial charge in [-0.15, -0.1) is 0 Å². The number of hydrogen-bond acceptors (Lipinski definition) is 4. The molecule has 0 aromatic carbocycles. The largest absolute Gasteiger partial charge is 0.462 e. The molecule has 3 rings (SSSR count). The summed E-state index contributed by atoms with van der Waals surface area (Å²) in [7, 11) is -3.71. The summed E-state index contributed by atoms with van der Waals surface area (Å²) in [5, 5.41) is 0. The van der Waals surface area contributed by atoms with Crippen LogP contribution in [0.25, 0.3) is 0 Å². The highest BCUT2D eigenvalue weighted by Gasteiger charge is 2.25. The van der Waals surface area contributed by atoms with Crippen molar-refractivity contribution in [1.82, 2.24) is 4.98 Å². The Kier molecular flexibility index (Phi) is 1.78. The first-order valence-corrected chi connectivity index (χ1v) is 5.98. The summed E-state index contributed by atoms with van der Waals surface area (Å²) in [6, 6.07) is 0. The third kappa shape index (κ3) is 1.28. The molecule has 0 unspecified atom stereocenters. The van der Waals surface area contributed by atoms with Crippen molar-refractivity contribution < 1.29 is 13.2 Å². The van der Waals surface area contributed by atoms with Crippen LogP contribution < -0.4 is 4.74 Å². The fourth-order valence-electron chi connectivity index (χ4n) is 1.52. The molecular formula is C9H7N3O3S. The second-order valence-corrected chi connectivity index (χ2v) is 4.94. The number of hydrogen-bond donors (Lipinski definition) is 1. The Morgan fingerprint density at radius 1 is 1.38 bits per heavy atom. The maximum absolute atomic E-state index is 11.9. The van der Waals surface area contributed by atoms with Gasteiger partial charge in [0.25, 0.3) is 10.0 Å². The highest BCUT2D eigenvalue weighted by molar-refractivity contribution is 7.90. The molecule has 2 aliphatic heterocycles. The monoisotopic (exact) mass is 237 g/mol. The first-order valence-electron chi connectivity index (χ1n) is 4.54. The molecule has 0 bridgehead atoms. The van der Waals surface area contributed by atoms with Gasteiger partial charge in [0.05, 0.1) is 12.8 Å².